The highest BCUT2D eigenvalue weighted by Gasteiger charge is 2.28. The Kier molecular flexibility index (Phi) is 4.06. The van der Waals surface area contributed by atoms with Gasteiger partial charge >= 0.3 is 0 Å². The van der Waals surface area contributed by atoms with Gasteiger partial charge in [-0.3, -0.25) is 4.90 Å². The van der Waals surface area contributed by atoms with Crippen molar-refractivity contribution in [1.29, 1.82) is 0 Å². The third-order valence-electron chi connectivity index (χ3n) is 4.68. The van der Waals surface area contributed by atoms with Crippen LogP contribution in [0.25, 0.3) is 0 Å². The van der Waals surface area contributed by atoms with Crippen molar-refractivity contribution in [2.45, 2.75) is 38.3 Å². The van der Waals surface area contributed by atoms with Crippen LogP contribution < -0.4 is 9.47 Å². The maximum atomic E-state index is 5.41. The van der Waals surface area contributed by atoms with E-state index in [1.165, 1.54) is 24.1 Å². The Labute approximate surface area is 141 Å². The van der Waals surface area contributed by atoms with Crippen LogP contribution in [0.5, 0.6) is 11.8 Å². The zero-order valence-corrected chi connectivity index (χ0v) is 14.2. The normalized spacial score (nSPS) is 17.4. The van der Waals surface area contributed by atoms with E-state index >= 15 is 0 Å². The van der Waals surface area contributed by atoms with E-state index in [9.17, 15) is 0 Å². The molecule has 4 rings (SSSR count). The van der Waals surface area contributed by atoms with Gasteiger partial charge in [-0.25, -0.2) is 9.97 Å². The van der Waals surface area contributed by atoms with E-state index in [1.54, 1.807) is 14.2 Å². The first kappa shape index (κ1) is 15.3. The van der Waals surface area contributed by atoms with Gasteiger partial charge < -0.3 is 9.47 Å². The van der Waals surface area contributed by atoms with Crippen LogP contribution in [0.3, 0.4) is 0 Å². The molecule has 0 spiro atoms. The van der Waals surface area contributed by atoms with Crippen LogP contribution in [0.4, 0.5) is 0 Å². The van der Waals surface area contributed by atoms with E-state index in [4.69, 9.17) is 14.5 Å². The molecule has 6 heteroatoms. The molecule has 6 nitrogen and oxygen atoms in total. The van der Waals surface area contributed by atoms with Crippen LogP contribution in [0, 0.1) is 0 Å². The lowest BCUT2D eigenvalue weighted by molar-refractivity contribution is 0.237. The zero-order chi connectivity index (χ0) is 16.5. The van der Waals surface area contributed by atoms with E-state index in [0.717, 1.165) is 37.4 Å². The number of aromatic nitrogens is 3. The Balaban J connectivity index is 1.49. The summed E-state index contributed by atoms with van der Waals surface area (Å²) < 4.78 is 10.6. The molecule has 1 aliphatic heterocycles. The van der Waals surface area contributed by atoms with Gasteiger partial charge in [-0.2, -0.15) is 4.98 Å². The Hall–Kier alpha value is -2.21. The van der Waals surface area contributed by atoms with Crippen LogP contribution in [-0.4, -0.2) is 40.6 Å². The SMILES string of the molecule is COc1ccc(CN2CCc3nc(C4CC4)ncc3C2)c(OC)n1. The molecule has 3 heterocycles. The second-order valence-electron chi connectivity index (χ2n) is 6.46. The second-order valence-corrected chi connectivity index (χ2v) is 6.46. The minimum atomic E-state index is 0.570. The molecular weight excluding hydrogens is 304 g/mol. The summed E-state index contributed by atoms with van der Waals surface area (Å²) in [6.45, 7) is 2.66. The van der Waals surface area contributed by atoms with Crippen molar-refractivity contribution >= 4 is 0 Å². The molecule has 1 fully saturated rings. The molecule has 0 radical (unpaired) electrons. The van der Waals surface area contributed by atoms with E-state index in [1.807, 2.05) is 18.3 Å². The van der Waals surface area contributed by atoms with Gasteiger partial charge in [0.1, 0.15) is 5.82 Å². The van der Waals surface area contributed by atoms with Crippen LogP contribution in [0.15, 0.2) is 18.3 Å². The molecule has 0 amide bonds. The lowest BCUT2D eigenvalue weighted by Crippen LogP contribution is -2.31. The van der Waals surface area contributed by atoms with Gasteiger partial charge in [0.25, 0.3) is 0 Å². The highest BCUT2D eigenvalue weighted by atomic mass is 16.5. The lowest BCUT2D eigenvalue weighted by Gasteiger charge is -2.28. The van der Waals surface area contributed by atoms with Crippen molar-refractivity contribution in [1.82, 2.24) is 19.9 Å². The molecular formula is C18H22N4O2. The smallest absolute Gasteiger partial charge is 0.220 e. The first-order chi connectivity index (χ1) is 11.8. The number of ether oxygens (including phenoxy) is 2. The lowest BCUT2D eigenvalue weighted by atomic mass is 10.1. The first-order valence-corrected chi connectivity index (χ1v) is 8.41. The number of methoxy groups -OCH3 is 2. The number of rotatable bonds is 5. The predicted octanol–water partition coefficient (Wildman–Crippen LogP) is 2.32. The second kappa shape index (κ2) is 6.36. The summed E-state index contributed by atoms with van der Waals surface area (Å²) in [6.07, 6.45) is 5.49. The van der Waals surface area contributed by atoms with Crippen molar-refractivity contribution in [2.75, 3.05) is 20.8 Å². The predicted molar refractivity (Wildman–Crippen MR) is 89.2 cm³/mol. The molecule has 1 aliphatic carbocycles. The van der Waals surface area contributed by atoms with Crippen molar-refractivity contribution in [3.05, 3.63) is 41.0 Å². The fraction of sp³-hybridized carbons (Fsp3) is 0.500. The highest BCUT2D eigenvalue weighted by Crippen LogP contribution is 2.38. The molecule has 2 aliphatic rings. The molecule has 0 unspecified atom stereocenters. The number of pyridine rings is 1. The Bertz CT molecular complexity index is 746. The molecule has 0 atom stereocenters. The van der Waals surface area contributed by atoms with Crippen LogP contribution >= 0.6 is 0 Å². The molecule has 24 heavy (non-hydrogen) atoms. The van der Waals surface area contributed by atoms with E-state index in [-0.39, 0.29) is 0 Å². The molecule has 0 bridgehead atoms. The Morgan fingerprint density at radius 2 is 2.04 bits per heavy atom. The van der Waals surface area contributed by atoms with Gasteiger partial charge in [0.2, 0.25) is 11.8 Å². The largest absolute Gasteiger partial charge is 0.481 e. The maximum Gasteiger partial charge on any atom is 0.220 e. The third kappa shape index (κ3) is 3.06. The van der Waals surface area contributed by atoms with Gasteiger partial charge in [-0.1, -0.05) is 0 Å². The topological polar surface area (TPSA) is 60.4 Å². The van der Waals surface area contributed by atoms with Crippen molar-refractivity contribution in [3.8, 4) is 11.8 Å². The summed E-state index contributed by atoms with van der Waals surface area (Å²) in [7, 11) is 3.25. The summed E-state index contributed by atoms with van der Waals surface area (Å²) in [5.74, 6) is 2.85. The summed E-state index contributed by atoms with van der Waals surface area (Å²) in [5, 5.41) is 0. The average molecular weight is 326 g/mol. The van der Waals surface area contributed by atoms with Crippen molar-refractivity contribution in [2.24, 2.45) is 0 Å². The maximum absolute atomic E-state index is 5.41. The van der Waals surface area contributed by atoms with Crippen molar-refractivity contribution < 1.29 is 9.47 Å². The van der Waals surface area contributed by atoms with Crippen LogP contribution in [-0.2, 0) is 19.5 Å². The van der Waals surface area contributed by atoms with E-state index < -0.39 is 0 Å². The molecule has 0 aromatic carbocycles. The van der Waals surface area contributed by atoms with Crippen LogP contribution in [0.1, 0.15) is 41.4 Å². The quantitative estimate of drug-likeness (QED) is 0.840. The van der Waals surface area contributed by atoms with Crippen molar-refractivity contribution in [3.63, 3.8) is 0 Å². The highest BCUT2D eigenvalue weighted by molar-refractivity contribution is 5.31. The Morgan fingerprint density at radius 1 is 1.17 bits per heavy atom. The third-order valence-corrected chi connectivity index (χ3v) is 4.68. The molecule has 1 saturated carbocycles. The fourth-order valence-electron chi connectivity index (χ4n) is 3.17. The summed E-state index contributed by atoms with van der Waals surface area (Å²) in [5.41, 5.74) is 3.53. The summed E-state index contributed by atoms with van der Waals surface area (Å²) in [6, 6.07) is 3.90. The van der Waals surface area contributed by atoms with E-state index in [0.29, 0.717) is 17.7 Å². The van der Waals surface area contributed by atoms with Gasteiger partial charge in [-0.15, -0.1) is 0 Å². The molecule has 126 valence electrons. The molecule has 0 N–H and O–H groups in total. The number of hydrogen-bond donors (Lipinski definition) is 0. The minimum Gasteiger partial charge on any atom is -0.481 e. The van der Waals surface area contributed by atoms with Gasteiger partial charge in [0, 0.05) is 61.1 Å². The summed E-state index contributed by atoms with van der Waals surface area (Å²) in [4.78, 5) is 16.1. The van der Waals surface area contributed by atoms with Crippen LogP contribution in [0.2, 0.25) is 0 Å². The number of nitrogens with zero attached hydrogens (tertiary/aromatic N) is 4. The number of fused-ring (bicyclic) bond motifs is 1. The fourth-order valence-corrected chi connectivity index (χ4v) is 3.17. The van der Waals surface area contributed by atoms with E-state index in [2.05, 4.69) is 14.9 Å². The standard InChI is InChI=1S/C18H22N4O2/c1-23-16-6-5-13(18(21-16)24-2)10-22-8-7-15-14(11-22)9-19-17(20-15)12-3-4-12/h5-6,9,12H,3-4,7-8,10-11H2,1-2H3. The zero-order valence-electron chi connectivity index (χ0n) is 14.2. The minimum absolute atomic E-state index is 0.570. The summed E-state index contributed by atoms with van der Waals surface area (Å²) >= 11 is 0. The van der Waals surface area contributed by atoms with Gasteiger partial charge in [-0.05, 0) is 18.9 Å². The molecule has 2 aromatic heterocycles. The first-order valence-electron chi connectivity index (χ1n) is 8.41. The van der Waals surface area contributed by atoms with Gasteiger partial charge in [0.05, 0.1) is 14.2 Å². The number of hydrogen-bond acceptors (Lipinski definition) is 6. The average Bonchev–Trinajstić information content (AvgIpc) is 3.46. The molecule has 0 saturated heterocycles. The monoisotopic (exact) mass is 326 g/mol. The van der Waals surface area contributed by atoms with Gasteiger partial charge in [0.15, 0.2) is 0 Å². The molecule has 2 aromatic rings. The Morgan fingerprint density at radius 3 is 2.79 bits per heavy atom.